The minimum atomic E-state index is -2.16. The lowest BCUT2D eigenvalue weighted by Crippen LogP contribution is -2.45. The minimum absolute atomic E-state index is 0.0168. The Bertz CT molecular complexity index is 2510. The Morgan fingerprint density at radius 2 is 1.47 bits per heavy atom. The standard InChI is InChI=1S/C49H53ClN2O12/c1-23-17-19-30(20-18-23)51-37-38-43(57)35-34(42(37)56)36-45(29(7)44(35)63-48(60)31-15-10-11-16-32(31)50)64-49(8,46(36)58)62-22-21-33(61-9)26(4)40(54)28(6)41(55)27(5)39(53)24(2)13-12-14-25(3)47(59)52-38/h10-22,24,26-28,33,39-41,51,53-55H,1-9H3,(H,52,59)/b13-12+,22-21+,25-14-/t24-,26+,27+,28+,33-,39-,40+,41-,49-/m0/s1. The number of carbonyl (C=O) groups excluding carboxylic acids is 5. The third kappa shape index (κ3) is 9.06. The van der Waals surface area contributed by atoms with Gasteiger partial charge in [-0.1, -0.05) is 87.4 Å². The maximum Gasteiger partial charge on any atom is 0.345 e. The van der Waals surface area contributed by atoms with Crippen LogP contribution in [0.4, 0.5) is 5.69 Å². The molecule has 1 amide bonds. The molecule has 0 saturated carbocycles. The summed E-state index contributed by atoms with van der Waals surface area (Å²) in [6.45, 7) is 12.9. The summed E-state index contributed by atoms with van der Waals surface area (Å²) in [6, 6.07) is 12.9. The first kappa shape index (κ1) is 47.6. The summed E-state index contributed by atoms with van der Waals surface area (Å²) in [5, 5.41) is 39.7. The largest absolute Gasteiger partial charge is 0.454 e. The highest BCUT2D eigenvalue weighted by Gasteiger charge is 2.53. The second-order valence-electron chi connectivity index (χ2n) is 16.8. The Morgan fingerprint density at radius 1 is 0.828 bits per heavy atom. The summed E-state index contributed by atoms with van der Waals surface area (Å²) in [5.41, 5.74) is -0.907. The van der Waals surface area contributed by atoms with Gasteiger partial charge in [0.05, 0.1) is 58.0 Å². The fraction of sp³-hybridized carbons (Fsp3) is 0.367. The van der Waals surface area contributed by atoms with Crippen LogP contribution in [0.1, 0.15) is 94.1 Å². The Labute approximate surface area is 376 Å². The van der Waals surface area contributed by atoms with E-state index in [1.165, 1.54) is 52.2 Å². The van der Waals surface area contributed by atoms with Crippen molar-refractivity contribution in [1.29, 1.82) is 0 Å². The highest BCUT2D eigenvalue weighted by Crippen LogP contribution is 2.49. The second-order valence-corrected chi connectivity index (χ2v) is 17.2. The van der Waals surface area contributed by atoms with E-state index in [0.29, 0.717) is 5.69 Å². The molecule has 1 aliphatic carbocycles. The smallest absolute Gasteiger partial charge is 0.345 e. The predicted molar refractivity (Wildman–Crippen MR) is 238 cm³/mol. The van der Waals surface area contributed by atoms with Crippen molar-refractivity contribution in [3.8, 4) is 11.5 Å². The molecular formula is C49H53ClN2O12. The number of carbonyl (C=O) groups is 5. The van der Waals surface area contributed by atoms with Crippen LogP contribution in [-0.4, -0.2) is 81.9 Å². The van der Waals surface area contributed by atoms with Crippen molar-refractivity contribution in [2.45, 2.75) is 85.6 Å². The van der Waals surface area contributed by atoms with Crippen molar-refractivity contribution >= 4 is 46.5 Å². The van der Waals surface area contributed by atoms with Gasteiger partial charge >= 0.3 is 11.8 Å². The van der Waals surface area contributed by atoms with Gasteiger partial charge in [0, 0.05) is 54.5 Å². The van der Waals surface area contributed by atoms with Crippen molar-refractivity contribution < 1.29 is 58.2 Å². The molecule has 4 aliphatic rings. The summed E-state index contributed by atoms with van der Waals surface area (Å²) in [5.74, 6) is -9.94. The van der Waals surface area contributed by atoms with Gasteiger partial charge in [-0.05, 0) is 51.1 Å². The molecule has 3 aromatic carbocycles. The normalized spacial score (nSPS) is 29.5. The van der Waals surface area contributed by atoms with Gasteiger partial charge in [-0.2, -0.15) is 0 Å². The topological polar surface area (TPSA) is 207 Å². The predicted octanol–water partition coefficient (Wildman–Crippen LogP) is 6.97. The summed E-state index contributed by atoms with van der Waals surface area (Å²) < 4.78 is 23.9. The molecule has 5 bridgehead atoms. The van der Waals surface area contributed by atoms with E-state index in [2.05, 4.69) is 10.6 Å². The van der Waals surface area contributed by atoms with Gasteiger partial charge in [0.25, 0.3) is 11.7 Å². The molecule has 0 spiro atoms. The molecule has 15 heteroatoms. The molecule has 0 saturated heterocycles. The van der Waals surface area contributed by atoms with Gasteiger partial charge in [0.15, 0.2) is 0 Å². The van der Waals surface area contributed by atoms with Crippen molar-refractivity contribution in [2.75, 3.05) is 12.4 Å². The third-order valence-electron chi connectivity index (χ3n) is 12.3. The van der Waals surface area contributed by atoms with Crippen LogP contribution in [-0.2, 0) is 14.3 Å². The fourth-order valence-electron chi connectivity index (χ4n) is 8.09. The molecule has 338 valence electrons. The van der Waals surface area contributed by atoms with Crippen LogP contribution in [0.3, 0.4) is 0 Å². The van der Waals surface area contributed by atoms with E-state index in [9.17, 15) is 29.7 Å². The number of halogens is 1. The molecule has 0 fully saturated rings. The lowest BCUT2D eigenvalue weighted by molar-refractivity contribution is -0.116. The number of allylic oxidation sites excluding steroid dienone is 4. The third-order valence-corrected chi connectivity index (χ3v) is 12.6. The van der Waals surface area contributed by atoms with Gasteiger partial charge in [-0.3, -0.25) is 19.2 Å². The molecular weight excluding hydrogens is 844 g/mol. The SMILES string of the molecule is CO[C@H]1/C=C/O[C@@]2(C)Oc3c(C)c(OC(=O)c4ccccc4Cl)c4c(c3C2=O)C(=O)C(Nc2ccc(C)cc2)=C(NC(=O)/C(C)=C\C=C\[C@H](C)[C@H](O)[C@@H](C)[C@H](O)[C@H](C)[C@H](O)[C@@H]1C)C4=O. The number of hydrogen-bond acceptors (Lipinski definition) is 13. The number of Topliss-reactive ketones (excluding diaryl/α,β-unsaturated/α-hetero) is 3. The quantitative estimate of drug-likeness (QED) is 0.130. The van der Waals surface area contributed by atoms with E-state index in [1.54, 1.807) is 76.2 Å². The van der Waals surface area contributed by atoms with Gasteiger partial charge in [-0.15, -0.1) is 0 Å². The Hall–Kier alpha value is -5.90. The zero-order chi connectivity index (χ0) is 46.9. The number of aryl methyl sites for hydroxylation is 1. The van der Waals surface area contributed by atoms with Gasteiger partial charge in [0.1, 0.15) is 22.9 Å². The number of ketones is 3. The van der Waals surface area contributed by atoms with Crippen molar-refractivity contribution in [3.63, 3.8) is 0 Å². The molecule has 0 aromatic heterocycles. The van der Waals surface area contributed by atoms with Gasteiger partial charge in [-0.25, -0.2) is 4.79 Å². The molecule has 3 aliphatic heterocycles. The molecule has 3 heterocycles. The number of methoxy groups -OCH3 is 1. The number of anilines is 1. The van der Waals surface area contributed by atoms with Crippen molar-refractivity contribution in [3.05, 3.63) is 134 Å². The Kier molecular flexibility index (Phi) is 14.2. The Balaban J connectivity index is 1.57. The lowest BCUT2D eigenvalue weighted by atomic mass is 9.78. The Morgan fingerprint density at radius 3 is 2.12 bits per heavy atom. The first-order valence-electron chi connectivity index (χ1n) is 20.9. The highest BCUT2D eigenvalue weighted by molar-refractivity contribution is 6.34. The number of benzene rings is 3. The molecule has 0 radical (unpaired) electrons. The van der Waals surface area contributed by atoms with E-state index in [0.717, 1.165) is 11.8 Å². The number of rotatable bonds is 5. The fourth-order valence-corrected chi connectivity index (χ4v) is 8.30. The summed E-state index contributed by atoms with van der Waals surface area (Å²) in [4.78, 5) is 72.7. The summed E-state index contributed by atoms with van der Waals surface area (Å²) >= 11 is 6.37. The highest BCUT2D eigenvalue weighted by atomic mass is 35.5. The van der Waals surface area contributed by atoms with E-state index in [4.69, 9.17) is 30.5 Å². The van der Waals surface area contributed by atoms with Gasteiger partial charge in [0.2, 0.25) is 11.6 Å². The maximum absolute atomic E-state index is 15.1. The molecule has 3 aromatic rings. The molecule has 64 heavy (non-hydrogen) atoms. The number of hydrogen-bond donors (Lipinski definition) is 5. The zero-order valence-corrected chi connectivity index (χ0v) is 37.8. The molecule has 9 atom stereocenters. The summed E-state index contributed by atoms with van der Waals surface area (Å²) in [6.07, 6.45) is 3.06. The van der Waals surface area contributed by atoms with Crippen LogP contribution in [0.25, 0.3) is 0 Å². The minimum Gasteiger partial charge on any atom is -0.454 e. The average molecular weight is 897 g/mol. The maximum atomic E-state index is 15.1. The molecule has 0 unspecified atom stereocenters. The first-order chi connectivity index (χ1) is 30.2. The van der Waals surface area contributed by atoms with Gasteiger partial charge < -0.3 is 44.9 Å². The number of amides is 1. The van der Waals surface area contributed by atoms with Crippen LogP contribution < -0.4 is 20.1 Å². The van der Waals surface area contributed by atoms with Crippen LogP contribution in [0.5, 0.6) is 11.5 Å². The van der Waals surface area contributed by atoms with Crippen LogP contribution >= 0.6 is 11.6 Å². The van der Waals surface area contributed by atoms with Crippen LogP contribution in [0.15, 0.2) is 96.1 Å². The molecule has 7 rings (SSSR count). The number of ether oxygens (including phenoxy) is 4. The average Bonchev–Trinajstić information content (AvgIpc) is 3.54. The number of aliphatic hydroxyl groups excluding tert-OH is 3. The van der Waals surface area contributed by atoms with E-state index in [-0.39, 0.29) is 33.0 Å². The van der Waals surface area contributed by atoms with Crippen molar-refractivity contribution in [2.24, 2.45) is 23.7 Å². The number of fused-ring (bicyclic) bond motifs is 14. The molecule has 14 nitrogen and oxygen atoms in total. The van der Waals surface area contributed by atoms with E-state index >= 15 is 9.59 Å². The van der Waals surface area contributed by atoms with Crippen molar-refractivity contribution in [1.82, 2.24) is 5.32 Å². The number of aliphatic hydroxyl groups is 3. The monoisotopic (exact) mass is 896 g/mol. The van der Waals surface area contributed by atoms with Crippen LogP contribution in [0.2, 0.25) is 5.02 Å². The number of esters is 1. The second kappa shape index (κ2) is 19.1. The van der Waals surface area contributed by atoms with Crippen LogP contribution in [0, 0.1) is 37.5 Å². The molecule has 5 N–H and O–H groups in total. The number of nitrogens with one attached hydrogen (secondary N) is 2. The first-order valence-corrected chi connectivity index (χ1v) is 21.3. The van der Waals surface area contributed by atoms with E-state index in [1.807, 2.05) is 6.92 Å². The van der Waals surface area contributed by atoms with E-state index < -0.39 is 111 Å². The zero-order valence-electron chi connectivity index (χ0n) is 37.0. The summed E-state index contributed by atoms with van der Waals surface area (Å²) in [7, 11) is 1.41. The lowest BCUT2D eigenvalue weighted by Gasteiger charge is -2.36.